The number of nitrogens with two attached hydrogens (primary N) is 1. The Labute approximate surface area is 94.9 Å². The molecule has 76 valence electrons. The Balaban J connectivity index is 3.45. The van der Waals surface area contributed by atoms with E-state index in [9.17, 15) is 13.6 Å². The summed E-state index contributed by atoms with van der Waals surface area (Å²) in [6, 6.07) is 0. The van der Waals surface area contributed by atoms with Crippen LogP contribution >= 0.6 is 31.9 Å². The molecular formula is C7H4Br2F2N2O. The Morgan fingerprint density at radius 3 is 2.50 bits per heavy atom. The number of aromatic nitrogens is 1. The highest BCUT2D eigenvalue weighted by atomic mass is 79.9. The summed E-state index contributed by atoms with van der Waals surface area (Å²) >= 11 is 5.93. The van der Waals surface area contributed by atoms with E-state index in [4.69, 9.17) is 5.73 Å². The molecule has 0 spiro atoms. The fourth-order valence-corrected chi connectivity index (χ4v) is 1.65. The first-order valence-electron chi connectivity index (χ1n) is 3.37. The smallest absolute Gasteiger partial charge is 0.267 e. The molecule has 1 heterocycles. The number of carbonyl (C=O) groups excluding carboxylic acids is 1. The van der Waals surface area contributed by atoms with Crippen LogP contribution in [0, 0.1) is 0 Å². The van der Waals surface area contributed by atoms with E-state index in [0.717, 1.165) is 0 Å². The van der Waals surface area contributed by atoms with Gasteiger partial charge in [-0.1, -0.05) is 0 Å². The van der Waals surface area contributed by atoms with Crippen molar-refractivity contribution in [1.29, 1.82) is 0 Å². The SMILES string of the molecule is NC(=O)c1ncc(Br)c(Br)c1C(F)F. The van der Waals surface area contributed by atoms with E-state index in [0.29, 0.717) is 4.47 Å². The first-order valence-corrected chi connectivity index (χ1v) is 4.95. The third-order valence-corrected chi connectivity index (χ3v) is 3.45. The second kappa shape index (κ2) is 4.31. The molecule has 0 saturated carbocycles. The minimum Gasteiger partial charge on any atom is -0.364 e. The number of carbonyl (C=O) groups is 1. The van der Waals surface area contributed by atoms with Crippen LogP contribution in [-0.4, -0.2) is 10.9 Å². The van der Waals surface area contributed by atoms with Crippen molar-refractivity contribution in [2.75, 3.05) is 0 Å². The lowest BCUT2D eigenvalue weighted by molar-refractivity contribution is 0.0979. The van der Waals surface area contributed by atoms with Crippen molar-refractivity contribution in [1.82, 2.24) is 4.98 Å². The van der Waals surface area contributed by atoms with Crippen LogP contribution in [0.25, 0.3) is 0 Å². The Morgan fingerprint density at radius 1 is 1.50 bits per heavy atom. The van der Waals surface area contributed by atoms with Gasteiger partial charge in [0.05, 0.1) is 10.0 Å². The molecule has 0 bridgehead atoms. The highest BCUT2D eigenvalue weighted by Gasteiger charge is 2.22. The lowest BCUT2D eigenvalue weighted by Gasteiger charge is -2.08. The maximum atomic E-state index is 12.5. The molecule has 1 aromatic rings. The fourth-order valence-electron chi connectivity index (χ4n) is 0.876. The van der Waals surface area contributed by atoms with Crippen LogP contribution in [0.3, 0.4) is 0 Å². The van der Waals surface area contributed by atoms with Gasteiger partial charge in [-0.25, -0.2) is 13.8 Å². The first kappa shape index (κ1) is 11.5. The fraction of sp³-hybridized carbons (Fsp3) is 0.143. The number of amides is 1. The van der Waals surface area contributed by atoms with Crippen LogP contribution in [0.1, 0.15) is 22.5 Å². The van der Waals surface area contributed by atoms with Gasteiger partial charge in [-0.15, -0.1) is 0 Å². The summed E-state index contributed by atoms with van der Waals surface area (Å²) in [7, 11) is 0. The molecule has 14 heavy (non-hydrogen) atoms. The average Bonchev–Trinajstić information content (AvgIpc) is 2.08. The summed E-state index contributed by atoms with van der Waals surface area (Å²) in [6.45, 7) is 0. The predicted octanol–water partition coefficient (Wildman–Crippen LogP) is 2.64. The standard InChI is InChI=1S/C7H4Br2F2N2O/c8-2-1-13-5(7(12)14)3(4(2)9)6(10)11/h1,6H,(H2,12,14). The summed E-state index contributed by atoms with van der Waals surface area (Å²) in [5, 5.41) is 0. The number of alkyl halides is 2. The maximum absolute atomic E-state index is 12.5. The molecule has 0 aromatic carbocycles. The first-order chi connectivity index (χ1) is 6.45. The zero-order valence-electron chi connectivity index (χ0n) is 6.60. The Kier molecular flexibility index (Phi) is 3.54. The molecule has 0 fully saturated rings. The van der Waals surface area contributed by atoms with Gasteiger partial charge in [-0.3, -0.25) is 4.79 Å². The third kappa shape index (κ3) is 2.09. The Morgan fingerprint density at radius 2 is 2.07 bits per heavy atom. The maximum Gasteiger partial charge on any atom is 0.267 e. The molecule has 0 radical (unpaired) electrons. The molecule has 0 saturated heterocycles. The van der Waals surface area contributed by atoms with Crippen LogP contribution < -0.4 is 5.73 Å². The molecule has 1 aromatic heterocycles. The zero-order valence-corrected chi connectivity index (χ0v) is 9.77. The van der Waals surface area contributed by atoms with Crippen LogP contribution in [-0.2, 0) is 0 Å². The van der Waals surface area contributed by atoms with E-state index in [2.05, 4.69) is 36.8 Å². The number of hydrogen-bond acceptors (Lipinski definition) is 2. The van der Waals surface area contributed by atoms with Crippen LogP contribution in [0.5, 0.6) is 0 Å². The molecule has 0 aliphatic carbocycles. The minimum atomic E-state index is -2.81. The normalized spacial score (nSPS) is 10.6. The van der Waals surface area contributed by atoms with E-state index in [1.165, 1.54) is 6.20 Å². The largest absolute Gasteiger partial charge is 0.364 e. The molecule has 3 nitrogen and oxygen atoms in total. The summed E-state index contributed by atoms with van der Waals surface area (Å²) in [4.78, 5) is 14.3. The van der Waals surface area contributed by atoms with Crippen molar-refractivity contribution in [2.45, 2.75) is 6.43 Å². The molecular weight excluding hydrogens is 326 g/mol. The summed E-state index contributed by atoms with van der Waals surface area (Å²) in [6.07, 6.45) is -1.58. The number of halogens is 4. The highest BCUT2D eigenvalue weighted by molar-refractivity contribution is 9.13. The quantitative estimate of drug-likeness (QED) is 0.906. The summed E-state index contributed by atoms with van der Waals surface area (Å²) < 4.78 is 25.5. The lowest BCUT2D eigenvalue weighted by Crippen LogP contribution is -2.16. The molecule has 0 atom stereocenters. The molecule has 0 aliphatic rings. The second-order valence-electron chi connectivity index (χ2n) is 2.35. The number of hydrogen-bond donors (Lipinski definition) is 1. The van der Waals surface area contributed by atoms with Crippen molar-refractivity contribution in [3.8, 4) is 0 Å². The Hall–Kier alpha value is -0.560. The van der Waals surface area contributed by atoms with Crippen molar-refractivity contribution in [2.24, 2.45) is 5.73 Å². The number of pyridine rings is 1. The molecule has 0 aliphatic heterocycles. The summed E-state index contributed by atoms with van der Waals surface area (Å²) in [5.41, 5.74) is 3.99. The van der Waals surface area contributed by atoms with E-state index < -0.39 is 23.6 Å². The monoisotopic (exact) mass is 328 g/mol. The van der Waals surface area contributed by atoms with Crippen molar-refractivity contribution in [3.05, 3.63) is 26.4 Å². The zero-order chi connectivity index (χ0) is 10.9. The van der Waals surface area contributed by atoms with Gasteiger partial charge < -0.3 is 5.73 Å². The van der Waals surface area contributed by atoms with E-state index >= 15 is 0 Å². The molecule has 1 rings (SSSR count). The van der Waals surface area contributed by atoms with Crippen molar-refractivity contribution >= 4 is 37.8 Å². The van der Waals surface area contributed by atoms with Crippen LogP contribution in [0.15, 0.2) is 15.1 Å². The van der Waals surface area contributed by atoms with Gasteiger partial charge in [0.25, 0.3) is 12.3 Å². The van der Waals surface area contributed by atoms with Gasteiger partial charge in [0.1, 0.15) is 5.69 Å². The van der Waals surface area contributed by atoms with E-state index in [-0.39, 0.29) is 4.47 Å². The minimum absolute atomic E-state index is 0.0938. The van der Waals surface area contributed by atoms with E-state index in [1.54, 1.807) is 0 Å². The molecule has 1 amide bonds. The second-order valence-corrected chi connectivity index (χ2v) is 3.99. The molecule has 0 unspecified atom stereocenters. The van der Waals surface area contributed by atoms with Gasteiger partial charge in [-0.2, -0.15) is 0 Å². The summed E-state index contributed by atoms with van der Waals surface area (Å²) in [5.74, 6) is -0.978. The predicted molar refractivity (Wildman–Crippen MR) is 53.1 cm³/mol. The third-order valence-electron chi connectivity index (χ3n) is 1.46. The number of rotatable bonds is 2. The van der Waals surface area contributed by atoms with Crippen molar-refractivity contribution < 1.29 is 13.6 Å². The van der Waals surface area contributed by atoms with Gasteiger partial charge in [0.2, 0.25) is 0 Å². The van der Waals surface area contributed by atoms with Crippen LogP contribution in [0.2, 0.25) is 0 Å². The number of nitrogens with zero attached hydrogens (tertiary/aromatic N) is 1. The van der Waals surface area contributed by atoms with Crippen molar-refractivity contribution in [3.63, 3.8) is 0 Å². The van der Waals surface area contributed by atoms with Gasteiger partial charge in [-0.05, 0) is 31.9 Å². The average molecular weight is 330 g/mol. The van der Waals surface area contributed by atoms with Crippen LogP contribution in [0.4, 0.5) is 8.78 Å². The van der Waals surface area contributed by atoms with Gasteiger partial charge >= 0.3 is 0 Å². The van der Waals surface area contributed by atoms with E-state index in [1.807, 2.05) is 0 Å². The molecule has 2 N–H and O–H groups in total. The molecule has 7 heteroatoms. The van der Waals surface area contributed by atoms with Gasteiger partial charge in [0, 0.05) is 10.7 Å². The number of primary amides is 1. The topological polar surface area (TPSA) is 56.0 Å². The highest BCUT2D eigenvalue weighted by Crippen LogP contribution is 2.34. The van der Waals surface area contributed by atoms with Gasteiger partial charge in [0.15, 0.2) is 0 Å². The lowest BCUT2D eigenvalue weighted by atomic mass is 10.2. The Bertz CT molecular complexity index is 384.